The molecule has 0 radical (unpaired) electrons. The maximum absolute atomic E-state index is 11.9. The van der Waals surface area contributed by atoms with Crippen molar-refractivity contribution in [3.8, 4) is 0 Å². The van der Waals surface area contributed by atoms with Crippen LogP contribution in [0.4, 0.5) is 0 Å². The number of nitrogens with one attached hydrogen (secondary N) is 2. The molecule has 1 rings (SSSR count). The fourth-order valence-electron chi connectivity index (χ4n) is 1.81. The second kappa shape index (κ2) is 5.64. The number of aliphatic hydroxyl groups is 1. The first-order valence-corrected chi connectivity index (χ1v) is 6.06. The molecule has 0 aliphatic carbocycles. The van der Waals surface area contributed by atoms with Crippen molar-refractivity contribution in [3.63, 3.8) is 0 Å². The molecular formula is C12H24N2O2. The Morgan fingerprint density at radius 1 is 1.56 bits per heavy atom. The predicted octanol–water partition coefficient (Wildman–Crippen LogP) is 0.509. The zero-order valence-electron chi connectivity index (χ0n) is 10.5. The van der Waals surface area contributed by atoms with Gasteiger partial charge < -0.3 is 15.7 Å². The first kappa shape index (κ1) is 13.5. The zero-order chi connectivity index (χ0) is 12.2. The van der Waals surface area contributed by atoms with E-state index in [0.29, 0.717) is 12.5 Å². The summed E-state index contributed by atoms with van der Waals surface area (Å²) < 4.78 is 0. The van der Waals surface area contributed by atoms with Crippen LogP contribution in [0.2, 0.25) is 0 Å². The van der Waals surface area contributed by atoms with Gasteiger partial charge in [-0.3, -0.25) is 4.79 Å². The van der Waals surface area contributed by atoms with Gasteiger partial charge in [0, 0.05) is 18.6 Å². The van der Waals surface area contributed by atoms with E-state index in [4.69, 9.17) is 5.11 Å². The summed E-state index contributed by atoms with van der Waals surface area (Å²) in [5.74, 6) is 0.677. The minimum absolute atomic E-state index is 0.0572. The highest BCUT2D eigenvalue weighted by molar-refractivity contribution is 5.81. The minimum Gasteiger partial charge on any atom is -0.396 e. The monoisotopic (exact) mass is 228 g/mol. The fourth-order valence-corrected chi connectivity index (χ4v) is 1.81. The molecule has 0 bridgehead atoms. The summed E-state index contributed by atoms with van der Waals surface area (Å²) in [5.41, 5.74) is -0.240. The van der Waals surface area contributed by atoms with Crippen molar-refractivity contribution in [2.24, 2.45) is 11.3 Å². The molecule has 1 aliphatic heterocycles. The van der Waals surface area contributed by atoms with Crippen LogP contribution in [-0.2, 0) is 4.79 Å². The summed E-state index contributed by atoms with van der Waals surface area (Å²) in [6, 6.07) is -0.0572. The quantitative estimate of drug-likeness (QED) is 0.657. The third-order valence-electron chi connectivity index (χ3n) is 3.15. The molecule has 0 aromatic carbocycles. The van der Waals surface area contributed by atoms with E-state index < -0.39 is 0 Å². The molecule has 1 fully saturated rings. The van der Waals surface area contributed by atoms with Gasteiger partial charge in [-0.15, -0.1) is 0 Å². The van der Waals surface area contributed by atoms with E-state index >= 15 is 0 Å². The maximum atomic E-state index is 11.9. The van der Waals surface area contributed by atoms with Crippen LogP contribution in [0.15, 0.2) is 0 Å². The van der Waals surface area contributed by atoms with E-state index in [1.807, 2.05) is 13.8 Å². The molecule has 0 spiro atoms. The Kier molecular flexibility index (Phi) is 4.74. The van der Waals surface area contributed by atoms with E-state index in [1.54, 1.807) is 0 Å². The van der Waals surface area contributed by atoms with E-state index in [-0.39, 0.29) is 24.0 Å². The number of rotatable bonds is 4. The van der Waals surface area contributed by atoms with Gasteiger partial charge in [-0.05, 0) is 25.3 Å². The molecule has 1 heterocycles. The minimum atomic E-state index is -0.240. The van der Waals surface area contributed by atoms with Crippen LogP contribution in [0.1, 0.15) is 33.6 Å². The van der Waals surface area contributed by atoms with Crippen molar-refractivity contribution in [3.05, 3.63) is 0 Å². The Morgan fingerprint density at radius 3 is 2.81 bits per heavy atom. The molecule has 4 heteroatoms. The number of hydrogen-bond donors (Lipinski definition) is 3. The SMILES string of the molecule is CC1CCNC(C(=O)NCC(C)(C)CO)C1. The molecule has 1 aliphatic rings. The normalized spacial score (nSPS) is 26.5. The average Bonchev–Trinajstić information content (AvgIpc) is 2.26. The van der Waals surface area contributed by atoms with Gasteiger partial charge in [0.1, 0.15) is 0 Å². The topological polar surface area (TPSA) is 61.4 Å². The van der Waals surface area contributed by atoms with Crippen molar-refractivity contribution in [1.82, 2.24) is 10.6 Å². The first-order chi connectivity index (χ1) is 7.44. The van der Waals surface area contributed by atoms with Crippen LogP contribution in [0.5, 0.6) is 0 Å². The van der Waals surface area contributed by atoms with Crippen molar-refractivity contribution in [2.45, 2.75) is 39.7 Å². The van der Waals surface area contributed by atoms with Crippen LogP contribution in [0.3, 0.4) is 0 Å². The number of piperidine rings is 1. The fraction of sp³-hybridized carbons (Fsp3) is 0.917. The summed E-state index contributed by atoms with van der Waals surface area (Å²) in [6.45, 7) is 7.58. The molecule has 0 saturated carbocycles. The first-order valence-electron chi connectivity index (χ1n) is 6.06. The Labute approximate surface area is 97.8 Å². The van der Waals surface area contributed by atoms with Crippen molar-refractivity contribution < 1.29 is 9.90 Å². The molecular weight excluding hydrogens is 204 g/mol. The lowest BCUT2D eigenvalue weighted by atomic mass is 9.92. The number of carbonyl (C=O) groups is 1. The molecule has 0 aromatic rings. The maximum Gasteiger partial charge on any atom is 0.237 e. The second-order valence-corrected chi connectivity index (χ2v) is 5.68. The lowest BCUT2D eigenvalue weighted by Crippen LogP contribution is -2.50. The van der Waals surface area contributed by atoms with Crippen molar-refractivity contribution in [2.75, 3.05) is 19.7 Å². The van der Waals surface area contributed by atoms with E-state index in [2.05, 4.69) is 17.6 Å². The summed E-state index contributed by atoms with van der Waals surface area (Å²) in [5, 5.41) is 15.2. The Morgan fingerprint density at radius 2 is 2.25 bits per heavy atom. The second-order valence-electron chi connectivity index (χ2n) is 5.68. The number of carbonyl (C=O) groups excluding carboxylic acids is 1. The van der Waals surface area contributed by atoms with Gasteiger partial charge in [0.25, 0.3) is 0 Å². The molecule has 0 aromatic heterocycles. The molecule has 2 unspecified atom stereocenters. The third-order valence-corrected chi connectivity index (χ3v) is 3.15. The van der Waals surface area contributed by atoms with Crippen molar-refractivity contribution >= 4 is 5.91 Å². The molecule has 1 saturated heterocycles. The van der Waals surface area contributed by atoms with E-state index in [0.717, 1.165) is 19.4 Å². The van der Waals surface area contributed by atoms with Crippen LogP contribution in [-0.4, -0.2) is 36.8 Å². The van der Waals surface area contributed by atoms with Gasteiger partial charge in [0.15, 0.2) is 0 Å². The van der Waals surface area contributed by atoms with Crippen molar-refractivity contribution in [1.29, 1.82) is 0 Å². The van der Waals surface area contributed by atoms with Gasteiger partial charge in [-0.25, -0.2) is 0 Å². The van der Waals surface area contributed by atoms with Crippen LogP contribution >= 0.6 is 0 Å². The Balaban J connectivity index is 2.34. The van der Waals surface area contributed by atoms with Gasteiger partial charge in [-0.2, -0.15) is 0 Å². The molecule has 4 nitrogen and oxygen atoms in total. The lowest BCUT2D eigenvalue weighted by molar-refractivity contribution is -0.124. The van der Waals surface area contributed by atoms with Crippen LogP contribution in [0.25, 0.3) is 0 Å². The molecule has 2 atom stereocenters. The molecule has 16 heavy (non-hydrogen) atoms. The Hall–Kier alpha value is -0.610. The average molecular weight is 228 g/mol. The lowest BCUT2D eigenvalue weighted by Gasteiger charge is -2.29. The molecule has 1 amide bonds. The summed E-state index contributed by atoms with van der Waals surface area (Å²) in [7, 11) is 0. The highest BCUT2D eigenvalue weighted by Gasteiger charge is 2.26. The zero-order valence-corrected chi connectivity index (χ0v) is 10.5. The third kappa shape index (κ3) is 4.10. The highest BCUT2D eigenvalue weighted by atomic mass is 16.3. The van der Waals surface area contributed by atoms with Gasteiger partial charge in [0.2, 0.25) is 5.91 Å². The van der Waals surface area contributed by atoms with E-state index in [1.165, 1.54) is 0 Å². The summed E-state index contributed by atoms with van der Waals surface area (Å²) >= 11 is 0. The van der Waals surface area contributed by atoms with Gasteiger partial charge in [-0.1, -0.05) is 20.8 Å². The highest BCUT2D eigenvalue weighted by Crippen LogP contribution is 2.16. The van der Waals surface area contributed by atoms with E-state index in [9.17, 15) is 4.79 Å². The number of amides is 1. The standard InChI is InChI=1S/C12H24N2O2/c1-9-4-5-13-10(6-9)11(16)14-7-12(2,3)8-15/h9-10,13,15H,4-8H2,1-3H3,(H,14,16). The summed E-state index contributed by atoms with van der Waals surface area (Å²) in [6.07, 6.45) is 2.05. The Bertz CT molecular complexity index is 241. The smallest absolute Gasteiger partial charge is 0.237 e. The molecule has 94 valence electrons. The number of hydrogen-bond acceptors (Lipinski definition) is 3. The molecule has 3 N–H and O–H groups in total. The predicted molar refractivity (Wildman–Crippen MR) is 64.1 cm³/mol. The largest absolute Gasteiger partial charge is 0.396 e. The van der Waals surface area contributed by atoms with Crippen LogP contribution < -0.4 is 10.6 Å². The number of aliphatic hydroxyl groups excluding tert-OH is 1. The van der Waals surface area contributed by atoms with Crippen LogP contribution in [0, 0.1) is 11.3 Å². The van der Waals surface area contributed by atoms with Gasteiger partial charge in [0.05, 0.1) is 6.04 Å². The van der Waals surface area contributed by atoms with Gasteiger partial charge >= 0.3 is 0 Å². The summed E-state index contributed by atoms with van der Waals surface area (Å²) in [4.78, 5) is 11.9.